The Morgan fingerprint density at radius 2 is 2.00 bits per heavy atom. The van der Waals surface area contributed by atoms with E-state index in [1.807, 2.05) is 6.08 Å². The van der Waals surface area contributed by atoms with Crippen molar-refractivity contribution in [1.82, 2.24) is 0 Å². The molecule has 0 fully saturated rings. The molecule has 0 bridgehead atoms. The maximum atomic E-state index is 9.80. The molecule has 0 spiro atoms. The molecule has 1 heteroatoms. The first-order valence-corrected chi connectivity index (χ1v) is 3.51. The van der Waals surface area contributed by atoms with Gasteiger partial charge in [0.15, 0.2) is 0 Å². The van der Waals surface area contributed by atoms with Crippen molar-refractivity contribution >= 4 is 6.29 Å². The zero-order valence-electron chi connectivity index (χ0n) is 6.63. The number of rotatable bonds is 4. The van der Waals surface area contributed by atoms with E-state index in [4.69, 9.17) is 0 Å². The molecule has 0 atom stereocenters. The number of unbranched alkanes of at least 4 members (excludes halogenated alkanes) is 1. The Bertz CT molecular complexity index is 139. The minimum absolute atomic E-state index is 0.808. The maximum Gasteiger partial charge on any atom is 0.142 e. The van der Waals surface area contributed by atoms with Gasteiger partial charge in [-0.15, -0.1) is 0 Å². The highest BCUT2D eigenvalue weighted by molar-refractivity contribution is 5.64. The number of aldehydes is 1. The van der Waals surface area contributed by atoms with Gasteiger partial charge in [0, 0.05) is 0 Å². The quantitative estimate of drug-likeness (QED) is 0.252. The van der Waals surface area contributed by atoms with Crippen molar-refractivity contribution < 1.29 is 4.79 Å². The predicted octanol–water partition coefficient (Wildman–Crippen LogP) is 2.49. The van der Waals surface area contributed by atoms with Crippen LogP contribution in [0, 0.1) is 0 Å². The molecule has 56 valence electrons. The highest BCUT2D eigenvalue weighted by atomic mass is 16.1. The molecule has 0 radical (unpaired) electrons. The van der Waals surface area contributed by atoms with Crippen LogP contribution in [0.15, 0.2) is 23.8 Å². The first-order chi connectivity index (χ1) is 4.77. The molecule has 0 aliphatic heterocycles. The molecule has 0 aliphatic rings. The fourth-order valence-electron chi connectivity index (χ4n) is 0.620. The van der Waals surface area contributed by atoms with E-state index in [0.29, 0.717) is 0 Å². The zero-order valence-corrected chi connectivity index (χ0v) is 6.63. The van der Waals surface area contributed by atoms with Crippen LogP contribution >= 0.6 is 0 Å². The molecule has 0 rings (SSSR count). The smallest absolute Gasteiger partial charge is 0.142 e. The van der Waals surface area contributed by atoms with E-state index in [1.54, 1.807) is 6.08 Å². The Balaban J connectivity index is 3.29. The van der Waals surface area contributed by atoms with Crippen molar-refractivity contribution in [3.05, 3.63) is 23.8 Å². The lowest BCUT2D eigenvalue weighted by atomic mass is 10.2. The molecule has 0 aromatic rings. The van der Waals surface area contributed by atoms with Gasteiger partial charge in [-0.2, -0.15) is 0 Å². The lowest BCUT2D eigenvalue weighted by molar-refractivity contribution is -0.104. The van der Waals surface area contributed by atoms with E-state index in [-0.39, 0.29) is 0 Å². The highest BCUT2D eigenvalue weighted by Crippen LogP contribution is 1.96. The third kappa shape index (κ3) is 7.15. The average Bonchev–Trinajstić information content (AvgIpc) is 1.87. The van der Waals surface area contributed by atoms with Crippen LogP contribution in [0.1, 0.15) is 26.7 Å². The molecule has 0 amide bonds. The van der Waals surface area contributed by atoms with Crippen LogP contribution in [0.4, 0.5) is 0 Å². The van der Waals surface area contributed by atoms with E-state index in [0.717, 1.165) is 19.1 Å². The fourth-order valence-corrected chi connectivity index (χ4v) is 0.620. The standard InChI is InChI=1S/C9H14O/c1-9(2)7-5-3-4-6-8-10/h4,6-8H,3,5H2,1-2H3/b6-4-. The molecule has 0 N–H and O–H groups in total. The maximum absolute atomic E-state index is 9.80. The summed E-state index contributed by atoms with van der Waals surface area (Å²) in [6, 6.07) is 0. The van der Waals surface area contributed by atoms with Crippen LogP contribution in [-0.2, 0) is 4.79 Å². The van der Waals surface area contributed by atoms with Crippen molar-refractivity contribution in [3.63, 3.8) is 0 Å². The zero-order chi connectivity index (χ0) is 7.82. The van der Waals surface area contributed by atoms with Gasteiger partial charge in [-0.05, 0) is 32.8 Å². The summed E-state index contributed by atoms with van der Waals surface area (Å²) in [5.41, 5.74) is 1.33. The number of hydrogen-bond acceptors (Lipinski definition) is 1. The van der Waals surface area contributed by atoms with Crippen molar-refractivity contribution in [3.8, 4) is 0 Å². The van der Waals surface area contributed by atoms with Crippen LogP contribution in [0.2, 0.25) is 0 Å². The predicted molar refractivity (Wildman–Crippen MR) is 43.9 cm³/mol. The third-order valence-electron chi connectivity index (χ3n) is 1.10. The number of carbonyl (C=O) groups excluding carboxylic acids is 1. The topological polar surface area (TPSA) is 17.1 Å². The molecule has 0 saturated carbocycles. The molecule has 10 heavy (non-hydrogen) atoms. The summed E-state index contributed by atoms with van der Waals surface area (Å²) >= 11 is 0. The van der Waals surface area contributed by atoms with Crippen molar-refractivity contribution in [2.75, 3.05) is 0 Å². The minimum Gasteiger partial charge on any atom is -0.299 e. The number of allylic oxidation sites excluding steroid dienone is 4. The summed E-state index contributed by atoms with van der Waals surface area (Å²) in [6.07, 6.45) is 8.39. The molecule has 0 unspecified atom stereocenters. The molecular formula is C9H14O. The van der Waals surface area contributed by atoms with Crippen LogP contribution in [-0.4, -0.2) is 6.29 Å². The van der Waals surface area contributed by atoms with Gasteiger partial charge in [0.1, 0.15) is 6.29 Å². The Kier molecular flexibility index (Phi) is 5.74. The van der Waals surface area contributed by atoms with E-state index in [2.05, 4.69) is 19.9 Å². The Morgan fingerprint density at radius 3 is 2.50 bits per heavy atom. The van der Waals surface area contributed by atoms with Crippen LogP contribution in [0.5, 0.6) is 0 Å². The van der Waals surface area contributed by atoms with Gasteiger partial charge < -0.3 is 0 Å². The third-order valence-corrected chi connectivity index (χ3v) is 1.10. The summed E-state index contributed by atoms with van der Waals surface area (Å²) in [5, 5.41) is 0. The minimum atomic E-state index is 0.808. The lowest BCUT2D eigenvalue weighted by Gasteiger charge is -1.87. The first kappa shape index (κ1) is 9.15. The molecule has 1 nitrogen and oxygen atoms in total. The van der Waals surface area contributed by atoms with Gasteiger partial charge in [0.05, 0.1) is 0 Å². The van der Waals surface area contributed by atoms with Gasteiger partial charge >= 0.3 is 0 Å². The molecule has 0 saturated heterocycles. The molecule has 0 heterocycles. The van der Waals surface area contributed by atoms with Gasteiger partial charge in [0.2, 0.25) is 0 Å². The van der Waals surface area contributed by atoms with Crippen LogP contribution in [0.25, 0.3) is 0 Å². The van der Waals surface area contributed by atoms with Gasteiger partial charge in [-0.25, -0.2) is 0 Å². The van der Waals surface area contributed by atoms with E-state index < -0.39 is 0 Å². The molecular weight excluding hydrogens is 124 g/mol. The second kappa shape index (κ2) is 6.27. The largest absolute Gasteiger partial charge is 0.299 e. The SMILES string of the molecule is CC(C)=CCC/C=C\C=O. The normalized spacial score (nSPS) is 9.80. The van der Waals surface area contributed by atoms with Gasteiger partial charge in [-0.1, -0.05) is 17.7 Å². The van der Waals surface area contributed by atoms with Gasteiger partial charge in [0.25, 0.3) is 0 Å². The lowest BCUT2D eigenvalue weighted by Crippen LogP contribution is -1.68. The van der Waals surface area contributed by atoms with Crippen LogP contribution < -0.4 is 0 Å². The Labute approximate surface area is 62.4 Å². The van der Waals surface area contributed by atoms with E-state index in [9.17, 15) is 4.79 Å². The number of carbonyl (C=O) groups is 1. The molecule has 0 aromatic carbocycles. The highest BCUT2D eigenvalue weighted by Gasteiger charge is 1.77. The summed E-state index contributed by atoms with van der Waals surface area (Å²) in [4.78, 5) is 9.80. The van der Waals surface area contributed by atoms with Gasteiger partial charge in [-0.3, -0.25) is 4.79 Å². The Hall–Kier alpha value is -0.850. The summed E-state index contributed by atoms with van der Waals surface area (Å²) in [6.45, 7) is 4.15. The monoisotopic (exact) mass is 138 g/mol. The van der Waals surface area contributed by atoms with Crippen LogP contribution in [0.3, 0.4) is 0 Å². The molecule has 0 aromatic heterocycles. The second-order valence-electron chi connectivity index (χ2n) is 2.42. The average molecular weight is 138 g/mol. The van der Waals surface area contributed by atoms with Crippen molar-refractivity contribution in [2.24, 2.45) is 0 Å². The molecule has 0 aliphatic carbocycles. The fraction of sp³-hybridized carbons (Fsp3) is 0.444. The summed E-state index contributed by atoms with van der Waals surface area (Å²) in [5.74, 6) is 0. The van der Waals surface area contributed by atoms with E-state index >= 15 is 0 Å². The second-order valence-corrected chi connectivity index (χ2v) is 2.42. The first-order valence-electron chi connectivity index (χ1n) is 3.51. The Morgan fingerprint density at radius 1 is 1.30 bits per heavy atom. The van der Waals surface area contributed by atoms with Crippen molar-refractivity contribution in [1.29, 1.82) is 0 Å². The van der Waals surface area contributed by atoms with E-state index in [1.165, 1.54) is 5.57 Å². The summed E-state index contributed by atoms with van der Waals surface area (Å²) in [7, 11) is 0. The van der Waals surface area contributed by atoms with Crippen molar-refractivity contribution in [2.45, 2.75) is 26.7 Å². The summed E-state index contributed by atoms with van der Waals surface area (Å²) < 4.78 is 0. The number of hydrogen-bond donors (Lipinski definition) is 0.